The van der Waals surface area contributed by atoms with Crippen LogP contribution in [0.2, 0.25) is 0 Å². The Bertz CT molecular complexity index is 333. The third kappa shape index (κ3) is 2.00. The molecule has 1 N–H and O–H groups in total. The van der Waals surface area contributed by atoms with E-state index < -0.39 is 0 Å². The van der Waals surface area contributed by atoms with Crippen molar-refractivity contribution in [3.05, 3.63) is 11.3 Å². The van der Waals surface area contributed by atoms with Crippen molar-refractivity contribution in [2.45, 2.75) is 39.3 Å². The summed E-state index contributed by atoms with van der Waals surface area (Å²) < 4.78 is 7.24. The van der Waals surface area contributed by atoms with Crippen LogP contribution in [0.15, 0.2) is 0 Å². The average Bonchev–Trinajstić information content (AvgIpc) is 2.45. The minimum Gasteiger partial charge on any atom is -0.378 e. The van der Waals surface area contributed by atoms with Gasteiger partial charge in [-0.3, -0.25) is 0 Å². The molecule has 1 aromatic heterocycles. The maximum Gasteiger partial charge on any atom is 0.127 e. The van der Waals surface area contributed by atoms with Crippen molar-refractivity contribution in [1.82, 2.24) is 9.78 Å². The maximum atomic E-state index is 5.19. The van der Waals surface area contributed by atoms with E-state index in [1.54, 1.807) is 7.11 Å². The van der Waals surface area contributed by atoms with Crippen molar-refractivity contribution in [2.24, 2.45) is 0 Å². The predicted octanol–water partition coefficient (Wildman–Crippen LogP) is 1.80. The molecule has 0 unspecified atom stereocenters. The summed E-state index contributed by atoms with van der Waals surface area (Å²) in [5.74, 6) is 1.21. The van der Waals surface area contributed by atoms with Gasteiger partial charge >= 0.3 is 0 Å². The fourth-order valence-corrected chi connectivity index (χ4v) is 2.12. The molecule has 0 radical (unpaired) electrons. The van der Waals surface area contributed by atoms with Crippen LogP contribution in [0.5, 0.6) is 0 Å². The van der Waals surface area contributed by atoms with Crippen LogP contribution in [0.1, 0.15) is 31.0 Å². The van der Waals surface area contributed by atoms with Gasteiger partial charge in [0.25, 0.3) is 0 Å². The molecule has 4 heteroatoms. The first-order valence-corrected chi connectivity index (χ1v) is 5.68. The molecule has 0 aliphatic carbocycles. The Morgan fingerprint density at radius 3 is 3.07 bits per heavy atom. The van der Waals surface area contributed by atoms with Crippen molar-refractivity contribution in [1.29, 1.82) is 0 Å². The second-order valence-corrected chi connectivity index (χ2v) is 3.91. The number of nitrogens with one attached hydrogen (secondary N) is 1. The molecular weight excluding hydrogens is 190 g/mol. The molecule has 2 heterocycles. The zero-order valence-electron chi connectivity index (χ0n) is 9.55. The van der Waals surface area contributed by atoms with Crippen molar-refractivity contribution in [3.63, 3.8) is 0 Å². The number of rotatable bonds is 3. The summed E-state index contributed by atoms with van der Waals surface area (Å²) in [4.78, 5) is 0. The second-order valence-electron chi connectivity index (χ2n) is 3.91. The lowest BCUT2D eigenvalue weighted by molar-refractivity contribution is 0.180. The minimum atomic E-state index is 0.622. The van der Waals surface area contributed by atoms with Gasteiger partial charge in [-0.25, -0.2) is 4.68 Å². The van der Waals surface area contributed by atoms with Crippen molar-refractivity contribution < 1.29 is 4.74 Å². The Labute approximate surface area is 90.6 Å². The smallest absolute Gasteiger partial charge is 0.127 e. The Morgan fingerprint density at radius 2 is 2.33 bits per heavy atom. The van der Waals surface area contributed by atoms with Gasteiger partial charge in [0.05, 0.1) is 12.3 Å². The van der Waals surface area contributed by atoms with Gasteiger partial charge < -0.3 is 10.1 Å². The van der Waals surface area contributed by atoms with E-state index in [1.807, 2.05) is 0 Å². The standard InChI is InChI=1S/C11H19N3O/c1-3-14-11-9(6-4-5-7-12-11)10(13-14)8-15-2/h12H,3-8H2,1-2H3. The Kier molecular flexibility index (Phi) is 3.26. The molecule has 0 spiro atoms. The van der Waals surface area contributed by atoms with Crippen LogP contribution >= 0.6 is 0 Å². The number of ether oxygens (including phenoxy) is 1. The molecule has 1 aromatic rings. The SMILES string of the molecule is CCn1nc(COC)c2c1NCCCC2. The molecule has 0 bridgehead atoms. The Balaban J connectivity index is 2.35. The van der Waals surface area contributed by atoms with Gasteiger partial charge in [-0.2, -0.15) is 5.10 Å². The highest BCUT2D eigenvalue weighted by Gasteiger charge is 2.18. The van der Waals surface area contributed by atoms with Crippen LogP contribution in [0.4, 0.5) is 5.82 Å². The third-order valence-electron chi connectivity index (χ3n) is 2.86. The lowest BCUT2D eigenvalue weighted by Crippen LogP contribution is -2.07. The third-order valence-corrected chi connectivity index (χ3v) is 2.86. The highest BCUT2D eigenvalue weighted by atomic mass is 16.5. The van der Waals surface area contributed by atoms with E-state index in [2.05, 4.69) is 22.0 Å². The molecule has 1 aliphatic rings. The monoisotopic (exact) mass is 209 g/mol. The van der Waals surface area contributed by atoms with Crippen molar-refractivity contribution in [2.75, 3.05) is 19.0 Å². The van der Waals surface area contributed by atoms with Gasteiger partial charge in [-0.05, 0) is 26.2 Å². The highest BCUT2D eigenvalue weighted by molar-refractivity contribution is 5.48. The van der Waals surface area contributed by atoms with Gasteiger partial charge in [0.15, 0.2) is 0 Å². The number of fused-ring (bicyclic) bond motifs is 1. The number of anilines is 1. The van der Waals surface area contributed by atoms with Gasteiger partial charge in [0.2, 0.25) is 0 Å². The summed E-state index contributed by atoms with van der Waals surface area (Å²) in [5, 5.41) is 8.04. The van der Waals surface area contributed by atoms with Gasteiger partial charge in [-0.1, -0.05) is 0 Å². The number of hydrogen-bond acceptors (Lipinski definition) is 3. The zero-order valence-corrected chi connectivity index (χ0v) is 9.55. The topological polar surface area (TPSA) is 39.1 Å². The number of nitrogens with zero attached hydrogens (tertiary/aromatic N) is 2. The van der Waals surface area contributed by atoms with Crippen LogP contribution < -0.4 is 5.32 Å². The van der Waals surface area contributed by atoms with E-state index in [4.69, 9.17) is 4.74 Å². The lowest BCUT2D eigenvalue weighted by atomic mass is 10.1. The van der Waals surface area contributed by atoms with Crippen molar-refractivity contribution in [3.8, 4) is 0 Å². The van der Waals surface area contributed by atoms with Gasteiger partial charge in [0, 0.05) is 25.8 Å². The Hall–Kier alpha value is -1.03. The van der Waals surface area contributed by atoms with Crippen molar-refractivity contribution >= 4 is 5.82 Å². The van der Waals surface area contributed by atoms with Gasteiger partial charge in [-0.15, -0.1) is 0 Å². The fraction of sp³-hybridized carbons (Fsp3) is 0.727. The lowest BCUT2D eigenvalue weighted by Gasteiger charge is -2.06. The molecular formula is C11H19N3O. The second kappa shape index (κ2) is 4.66. The molecule has 0 fully saturated rings. The summed E-state index contributed by atoms with van der Waals surface area (Å²) in [5.41, 5.74) is 2.46. The predicted molar refractivity (Wildman–Crippen MR) is 60.0 cm³/mol. The minimum absolute atomic E-state index is 0.622. The molecule has 0 amide bonds. The number of methoxy groups -OCH3 is 1. The fourth-order valence-electron chi connectivity index (χ4n) is 2.12. The molecule has 0 atom stereocenters. The van der Waals surface area contributed by atoms with Crippen LogP contribution in [0.25, 0.3) is 0 Å². The molecule has 4 nitrogen and oxygen atoms in total. The summed E-state index contributed by atoms with van der Waals surface area (Å²) in [6.45, 7) is 4.72. The van der Waals surface area contributed by atoms with Crippen LogP contribution in [-0.4, -0.2) is 23.4 Å². The number of aromatic nitrogens is 2. The number of aryl methyl sites for hydroxylation is 1. The Morgan fingerprint density at radius 1 is 1.47 bits per heavy atom. The normalized spacial score (nSPS) is 15.6. The molecule has 15 heavy (non-hydrogen) atoms. The molecule has 0 aromatic carbocycles. The van der Waals surface area contributed by atoms with Gasteiger partial charge in [0.1, 0.15) is 5.82 Å². The molecule has 0 saturated heterocycles. The molecule has 0 saturated carbocycles. The average molecular weight is 209 g/mol. The van der Waals surface area contributed by atoms with Crippen LogP contribution in [0.3, 0.4) is 0 Å². The largest absolute Gasteiger partial charge is 0.378 e. The van der Waals surface area contributed by atoms with E-state index in [-0.39, 0.29) is 0 Å². The maximum absolute atomic E-state index is 5.19. The summed E-state index contributed by atoms with van der Waals surface area (Å²) in [6.07, 6.45) is 3.61. The molecule has 1 aliphatic heterocycles. The first-order valence-electron chi connectivity index (χ1n) is 5.68. The van der Waals surface area contributed by atoms with Crippen LogP contribution in [-0.2, 0) is 24.3 Å². The summed E-state index contributed by atoms with van der Waals surface area (Å²) in [6, 6.07) is 0. The zero-order chi connectivity index (χ0) is 10.7. The first-order chi connectivity index (χ1) is 7.36. The van der Waals surface area contributed by atoms with E-state index in [0.29, 0.717) is 6.61 Å². The highest BCUT2D eigenvalue weighted by Crippen LogP contribution is 2.25. The van der Waals surface area contributed by atoms with Crippen LogP contribution in [0, 0.1) is 0 Å². The first kappa shape index (κ1) is 10.5. The quantitative estimate of drug-likeness (QED) is 0.825. The van der Waals surface area contributed by atoms with E-state index in [0.717, 1.165) is 25.2 Å². The van der Waals surface area contributed by atoms with E-state index in [9.17, 15) is 0 Å². The van der Waals surface area contributed by atoms with E-state index in [1.165, 1.54) is 24.2 Å². The summed E-state index contributed by atoms with van der Waals surface area (Å²) >= 11 is 0. The molecule has 2 rings (SSSR count). The summed E-state index contributed by atoms with van der Waals surface area (Å²) in [7, 11) is 1.72. The van der Waals surface area contributed by atoms with E-state index >= 15 is 0 Å². The molecule has 84 valence electrons. The number of hydrogen-bond donors (Lipinski definition) is 1.